The quantitative estimate of drug-likeness (QED) is 0.531. The molecule has 0 saturated heterocycles. The fourth-order valence-electron chi connectivity index (χ4n) is 2.68. The average molecular weight is 397 g/mol. The van der Waals surface area contributed by atoms with Crippen LogP contribution in [-0.2, 0) is 14.3 Å². The number of hydrogen-bond donors (Lipinski definition) is 1. The van der Waals surface area contributed by atoms with Crippen LogP contribution in [0, 0.1) is 13.8 Å². The highest BCUT2D eigenvalue weighted by atomic mass is 16.5. The maximum absolute atomic E-state index is 12.3. The number of aryl methyl sites for hydroxylation is 2. The van der Waals surface area contributed by atoms with Gasteiger partial charge in [-0.15, -0.1) is 0 Å². The lowest BCUT2D eigenvalue weighted by Crippen LogP contribution is -2.29. The van der Waals surface area contributed by atoms with E-state index in [0.29, 0.717) is 23.8 Å². The molecule has 1 atom stereocenters. The lowest BCUT2D eigenvalue weighted by atomic mass is 10.1. The first-order valence-electron chi connectivity index (χ1n) is 9.41. The van der Waals surface area contributed by atoms with Crippen molar-refractivity contribution in [1.29, 1.82) is 0 Å². The van der Waals surface area contributed by atoms with Crippen LogP contribution in [0.2, 0.25) is 0 Å². The Hall–Kier alpha value is -3.28. The minimum Gasteiger partial charge on any atom is -0.493 e. The molecule has 0 aliphatic heterocycles. The molecule has 0 saturated carbocycles. The summed E-state index contributed by atoms with van der Waals surface area (Å²) in [6, 6.07) is 11.0. The summed E-state index contributed by atoms with van der Waals surface area (Å²) in [6.45, 7) is 7.84. The van der Waals surface area contributed by atoms with E-state index in [1.807, 2.05) is 39.0 Å². The number of anilines is 1. The number of methoxy groups -OCH3 is 1. The van der Waals surface area contributed by atoms with Crippen LogP contribution in [0.5, 0.6) is 11.5 Å². The topological polar surface area (TPSA) is 73.9 Å². The fraction of sp³-hybridized carbons (Fsp3) is 0.304. The van der Waals surface area contributed by atoms with Gasteiger partial charge in [0.1, 0.15) is 0 Å². The monoisotopic (exact) mass is 397 g/mol. The Bertz CT molecular complexity index is 904. The average Bonchev–Trinajstić information content (AvgIpc) is 2.69. The summed E-state index contributed by atoms with van der Waals surface area (Å²) in [5.41, 5.74) is 3.49. The molecular weight excluding hydrogens is 370 g/mol. The molecule has 0 fully saturated rings. The third-order valence-electron chi connectivity index (χ3n) is 4.20. The van der Waals surface area contributed by atoms with Gasteiger partial charge in [0.05, 0.1) is 13.7 Å². The highest BCUT2D eigenvalue weighted by Gasteiger charge is 2.17. The summed E-state index contributed by atoms with van der Waals surface area (Å²) in [6.07, 6.45) is 1.94. The largest absolute Gasteiger partial charge is 0.493 e. The van der Waals surface area contributed by atoms with Crippen molar-refractivity contribution in [3.63, 3.8) is 0 Å². The number of nitrogens with one attached hydrogen (secondary N) is 1. The number of rotatable bonds is 8. The Morgan fingerprint density at radius 3 is 2.52 bits per heavy atom. The number of benzene rings is 2. The SMILES string of the molecule is CCOc1ccc(/C=C/C(=O)O[C@@H](C)C(=O)Nc2ccc(C)cc2C)cc1OC. The highest BCUT2D eigenvalue weighted by molar-refractivity contribution is 5.97. The van der Waals surface area contributed by atoms with E-state index >= 15 is 0 Å². The molecule has 0 heterocycles. The molecule has 0 bridgehead atoms. The molecule has 6 heteroatoms. The van der Waals surface area contributed by atoms with Gasteiger partial charge in [0.15, 0.2) is 17.6 Å². The molecule has 0 radical (unpaired) electrons. The lowest BCUT2D eigenvalue weighted by molar-refractivity contribution is -0.148. The number of carbonyl (C=O) groups excluding carboxylic acids is 2. The fourth-order valence-corrected chi connectivity index (χ4v) is 2.68. The van der Waals surface area contributed by atoms with Crippen LogP contribution in [0.15, 0.2) is 42.5 Å². The smallest absolute Gasteiger partial charge is 0.331 e. The van der Waals surface area contributed by atoms with E-state index in [2.05, 4.69) is 5.32 Å². The van der Waals surface area contributed by atoms with E-state index in [4.69, 9.17) is 14.2 Å². The third kappa shape index (κ3) is 6.38. The summed E-state index contributed by atoms with van der Waals surface area (Å²) in [7, 11) is 1.55. The summed E-state index contributed by atoms with van der Waals surface area (Å²) in [4.78, 5) is 24.4. The van der Waals surface area contributed by atoms with Crippen molar-refractivity contribution >= 4 is 23.6 Å². The molecule has 0 aliphatic carbocycles. The molecule has 1 N–H and O–H groups in total. The summed E-state index contributed by atoms with van der Waals surface area (Å²) < 4.78 is 15.9. The molecule has 2 rings (SSSR count). The number of esters is 1. The number of hydrogen-bond acceptors (Lipinski definition) is 5. The lowest BCUT2D eigenvalue weighted by Gasteiger charge is -2.14. The Labute approximate surface area is 171 Å². The molecule has 0 unspecified atom stereocenters. The second kappa shape index (κ2) is 10.3. The van der Waals surface area contributed by atoms with Gasteiger partial charge in [0.25, 0.3) is 5.91 Å². The van der Waals surface area contributed by atoms with Gasteiger partial charge in [-0.25, -0.2) is 4.79 Å². The van der Waals surface area contributed by atoms with E-state index in [9.17, 15) is 9.59 Å². The van der Waals surface area contributed by atoms with Gasteiger partial charge in [-0.3, -0.25) is 4.79 Å². The van der Waals surface area contributed by atoms with E-state index < -0.39 is 12.1 Å². The van der Waals surface area contributed by atoms with Gasteiger partial charge in [0, 0.05) is 11.8 Å². The van der Waals surface area contributed by atoms with Gasteiger partial charge in [-0.1, -0.05) is 23.8 Å². The summed E-state index contributed by atoms with van der Waals surface area (Å²) in [5.74, 6) is 0.206. The predicted molar refractivity (Wildman–Crippen MR) is 113 cm³/mol. The molecule has 6 nitrogen and oxygen atoms in total. The number of ether oxygens (including phenoxy) is 3. The first-order valence-corrected chi connectivity index (χ1v) is 9.41. The predicted octanol–water partition coefficient (Wildman–Crippen LogP) is 4.29. The Kier molecular flexibility index (Phi) is 7.83. The molecule has 154 valence electrons. The van der Waals surface area contributed by atoms with Crippen LogP contribution < -0.4 is 14.8 Å². The second-order valence-corrected chi connectivity index (χ2v) is 6.56. The van der Waals surface area contributed by atoms with Gasteiger partial charge in [-0.2, -0.15) is 0 Å². The van der Waals surface area contributed by atoms with Crippen molar-refractivity contribution in [3.8, 4) is 11.5 Å². The first kappa shape index (κ1) is 22.0. The summed E-state index contributed by atoms with van der Waals surface area (Å²) in [5, 5.41) is 2.78. The van der Waals surface area contributed by atoms with Crippen LogP contribution in [0.1, 0.15) is 30.5 Å². The number of amides is 1. The van der Waals surface area contributed by atoms with Crippen molar-refractivity contribution in [1.82, 2.24) is 0 Å². The minimum absolute atomic E-state index is 0.388. The molecule has 0 aromatic heterocycles. The zero-order valence-electron chi connectivity index (χ0n) is 17.4. The third-order valence-corrected chi connectivity index (χ3v) is 4.20. The van der Waals surface area contributed by atoms with E-state index in [0.717, 1.165) is 16.7 Å². The number of carbonyl (C=O) groups is 2. The molecule has 29 heavy (non-hydrogen) atoms. The van der Waals surface area contributed by atoms with Crippen molar-refractivity contribution in [2.45, 2.75) is 33.8 Å². The Morgan fingerprint density at radius 1 is 1.10 bits per heavy atom. The van der Waals surface area contributed by atoms with Crippen LogP contribution in [-0.4, -0.2) is 31.7 Å². The molecule has 2 aromatic carbocycles. The molecule has 0 aliphatic rings. The van der Waals surface area contributed by atoms with Crippen molar-refractivity contribution < 1.29 is 23.8 Å². The molecule has 2 aromatic rings. The van der Waals surface area contributed by atoms with Gasteiger partial charge < -0.3 is 19.5 Å². The van der Waals surface area contributed by atoms with Crippen molar-refractivity contribution in [2.24, 2.45) is 0 Å². The molecule has 0 spiro atoms. The van der Waals surface area contributed by atoms with Crippen molar-refractivity contribution in [3.05, 3.63) is 59.2 Å². The van der Waals surface area contributed by atoms with Crippen molar-refractivity contribution in [2.75, 3.05) is 19.0 Å². The highest BCUT2D eigenvalue weighted by Crippen LogP contribution is 2.28. The second-order valence-electron chi connectivity index (χ2n) is 6.56. The van der Waals surface area contributed by atoms with Gasteiger partial charge in [0.2, 0.25) is 0 Å². The summed E-state index contributed by atoms with van der Waals surface area (Å²) >= 11 is 0. The maximum atomic E-state index is 12.3. The van der Waals surface area contributed by atoms with Gasteiger partial charge >= 0.3 is 5.97 Å². The van der Waals surface area contributed by atoms with E-state index in [1.165, 1.54) is 13.0 Å². The van der Waals surface area contributed by atoms with Crippen LogP contribution in [0.25, 0.3) is 6.08 Å². The van der Waals surface area contributed by atoms with Crippen LogP contribution >= 0.6 is 0 Å². The molecular formula is C23H27NO5. The zero-order chi connectivity index (χ0) is 21.4. The standard InChI is InChI=1S/C23H27NO5/c1-6-28-20-11-8-18(14-21(20)27-5)9-12-22(25)29-17(4)23(26)24-19-10-7-15(2)13-16(19)3/h7-14,17H,6H2,1-5H3,(H,24,26)/b12-9+/t17-/m0/s1. The molecule has 1 amide bonds. The minimum atomic E-state index is -0.928. The van der Waals surface area contributed by atoms with Gasteiger partial charge in [-0.05, 0) is 63.1 Å². The van der Waals surface area contributed by atoms with Crippen LogP contribution in [0.3, 0.4) is 0 Å². The normalized spacial score (nSPS) is 11.8. The van der Waals surface area contributed by atoms with E-state index in [1.54, 1.807) is 31.4 Å². The maximum Gasteiger partial charge on any atom is 0.331 e. The van der Waals surface area contributed by atoms with Crippen LogP contribution in [0.4, 0.5) is 5.69 Å². The Morgan fingerprint density at radius 2 is 1.86 bits per heavy atom. The zero-order valence-corrected chi connectivity index (χ0v) is 17.4. The Balaban J connectivity index is 1.96. The first-order chi connectivity index (χ1) is 13.8. The van der Waals surface area contributed by atoms with E-state index in [-0.39, 0.29) is 5.91 Å².